The molecular formula is C54H35N. The Morgan fingerprint density at radius 2 is 0.727 bits per heavy atom. The van der Waals surface area contributed by atoms with Crippen LogP contribution in [0.4, 0.5) is 0 Å². The van der Waals surface area contributed by atoms with Gasteiger partial charge in [-0.25, -0.2) is 0 Å². The van der Waals surface area contributed by atoms with Gasteiger partial charge in [0, 0.05) is 16.5 Å². The second-order valence-electron chi connectivity index (χ2n) is 14.5. The fourth-order valence-corrected chi connectivity index (χ4v) is 8.81. The van der Waals surface area contributed by atoms with Gasteiger partial charge in [-0.2, -0.15) is 0 Å². The SMILES string of the molecule is c1ccc(-c2cccc(-c3c4ccccc4c(-c4ccc(-n5c6ccccc6c6cc(-c7ccc8ccccc8c7)ccc65)cc4)c4ccccc34)c2)cc1. The van der Waals surface area contributed by atoms with Crippen LogP contribution in [0.2, 0.25) is 0 Å². The molecule has 0 radical (unpaired) electrons. The summed E-state index contributed by atoms with van der Waals surface area (Å²) in [5.74, 6) is 0. The highest BCUT2D eigenvalue weighted by Gasteiger charge is 2.18. The lowest BCUT2D eigenvalue weighted by atomic mass is 9.85. The molecular weight excluding hydrogens is 663 g/mol. The van der Waals surface area contributed by atoms with E-state index in [-0.39, 0.29) is 0 Å². The minimum Gasteiger partial charge on any atom is -0.309 e. The van der Waals surface area contributed by atoms with Crippen molar-refractivity contribution in [2.75, 3.05) is 0 Å². The van der Waals surface area contributed by atoms with Gasteiger partial charge in [0.25, 0.3) is 0 Å². The summed E-state index contributed by atoms with van der Waals surface area (Å²) in [6.07, 6.45) is 0. The van der Waals surface area contributed by atoms with E-state index in [1.54, 1.807) is 0 Å². The molecule has 0 saturated carbocycles. The monoisotopic (exact) mass is 697 g/mol. The first-order valence-corrected chi connectivity index (χ1v) is 19.0. The van der Waals surface area contributed by atoms with E-state index in [4.69, 9.17) is 0 Å². The summed E-state index contributed by atoms with van der Waals surface area (Å²) in [4.78, 5) is 0. The van der Waals surface area contributed by atoms with Crippen LogP contribution in [0.15, 0.2) is 212 Å². The van der Waals surface area contributed by atoms with Crippen molar-refractivity contribution in [1.82, 2.24) is 4.57 Å². The molecule has 55 heavy (non-hydrogen) atoms. The van der Waals surface area contributed by atoms with Gasteiger partial charge in [-0.3, -0.25) is 0 Å². The van der Waals surface area contributed by atoms with Gasteiger partial charge >= 0.3 is 0 Å². The van der Waals surface area contributed by atoms with Crippen LogP contribution in [-0.4, -0.2) is 4.57 Å². The summed E-state index contributed by atoms with van der Waals surface area (Å²) in [6, 6.07) is 77.7. The molecule has 0 aliphatic carbocycles. The second-order valence-corrected chi connectivity index (χ2v) is 14.5. The fourth-order valence-electron chi connectivity index (χ4n) is 8.81. The molecule has 11 rings (SSSR count). The van der Waals surface area contributed by atoms with E-state index in [1.165, 1.54) is 98.6 Å². The van der Waals surface area contributed by atoms with E-state index in [1.807, 2.05) is 0 Å². The topological polar surface area (TPSA) is 4.93 Å². The van der Waals surface area contributed by atoms with Crippen molar-refractivity contribution < 1.29 is 0 Å². The van der Waals surface area contributed by atoms with E-state index in [2.05, 4.69) is 217 Å². The van der Waals surface area contributed by atoms with E-state index >= 15 is 0 Å². The highest BCUT2D eigenvalue weighted by atomic mass is 15.0. The number of aromatic nitrogens is 1. The predicted octanol–water partition coefficient (Wildman–Crippen LogP) is 14.9. The molecule has 1 heterocycles. The molecule has 0 spiro atoms. The Balaban J connectivity index is 1.05. The summed E-state index contributed by atoms with van der Waals surface area (Å²) in [7, 11) is 0. The number of rotatable bonds is 5. The minimum absolute atomic E-state index is 1.15. The molecule has 0 aliphatic heterocycles. The molecule has 0 aliphatic rings. The number of hydrogen-bond acceptors (Lipinski definition) is 0. The standard InChI is InChI=1S/C54H35N/c1-2-13-36(14-3-1)40-17-12-18-43(34-40)54-48-22-8-6-20-46(48)53(47-21-7-9-23-49(47)54)38-27-30-44(31-28-38)55-51-24-11-10-19-45(51)50-35-42(29-32-52(50)55)41-26-25-37-15-4-5-16-39(37)33-41/h1-35H. The largest absolute Gasteiger partial charge is 0.309 e. The summed E-state index contributed by atoms with van der Waals surface area (Å²) in [5.41, 5.74) is 13.4. The Morgan fingerprint density at radius 3 is 1.45 bits per heavy atom. The molecule has 11 aromatic rings. The molecule has 0 N–H and O–H groups in total. The molecule has 1 aromatic heterocycles. The number of nitrogens with zero attached hydrogens (tertiary/aromatic N) is 1. The van der Waals surface area contributed by atoms with Crippen molar-refractivity contribution in [2.24, 2.45) is 0 Å². The molecule has 0 atom stereocenters. The van der Waals surface area contributed by atoms with Crippen LogP contribution in [0.5, 0.6) is 0 Å². The Bertz CT molecular complexity index is 3180. The Hall–Kier alpha value is -7.22. The molecule has 256 valence electrons. The molecule has 1 nitrogen and oxygen atoms in total. The van der Waals surface area contributed by atoms with Crippen LogP contribution >= 0.6 is 0 Å². The zero-order valence-corrected chi connectivity index (χ0v) is 30.2. The highest BCUT2D eigenvalue weighted by Crippen LogP contribution is 2.45. The molecule has 0 amide bonds. The van der Waals surface area contributed by atoms with Crippen LogP contribution < -0.4 is 0 Å². The van der Waals surface area contributed by atoms with E-state index in [0.29, 0.717) is 0 Å². The zero-order chi connectivity index (χ0) is 36.3. The number of hydrogen-bond donors (Lipinski definition) is 0. The van der Waals surface area contributed by atoms with Crippen molar-refractivity contribution in [3.8, 4) is 50.2 Å². The van der Waals surface area contributed by atoms with Crippen LogP contribution in [0.1, 0.15) is 0 Å². The Labute approximate surface area is 320 Å². The number of benzene rings is 10. The Kier molecular flexibility index (Phi) is 7.25. The van der Waals surface area contributed by atoms with Crippen LogP contribution in [0.25, 0.3) is 104 Å². The van der Waals surface area contributed by atoms with Gasteiger partial charge in [0.1, 0.15) is 0 Å². The predicted molar refractivity (Wildman–Crippen MR) is 235 cm³/mol. The zero-order valence-electron chi connectivity index (χ0n) is 30.2. The van der Waals surface area contributed by atoms with Gasteiger partial charge in [0.15, 0.2) is 0 Å². The molecule has 0 bridgehead atoms. The quantitative estimate of drug-likeness (QED) is 0.158. The van der Waals surface area contributed by atoms with Crippen LogP contribution in [0, 0.1) is 0 Å². The molecule has 0 unspecified atom stereocenters. The summed E-state index contributed by atoms with van der Waals surface area (Å²) >= 11 is 0. The lowest BCUT2D eigenvalue weighted by Crippen LogP contribution is -1.95. The van der Waals surface area contributed by atoms with Crippen molar-refractivity contribution in [3.05, 3.63) is 212 Å². The second kappa shape index (κ2) is 12.7. The number of fused-ring (bicyclic) bond motifs is 6. The number of para-hydroxylation sites is 1. The van der Waals surface area contributed by atoms with E-state index in [9.17, 15) is 0 Å². The van der Waals surface area contributed by atoms with Gasteiger partial charge in [0.2, 0.25) is 0 Å². The molecule has 10 aromatic carbocycles. The Morgan fingerprint density at radius 1 is 0.236 bits per heavy atom. The summed E-state index contributed by atoms with van der Waals surface area (Å²) in [5, 5.41) is 10.1. The lowest BCUT2D eigenvalue weighted by Gasteiger charge is -2.18. The average Bonchev–Trinajstić information content (AvgIpc) is 3.59. The normalized spacial score (nSPS) is 11.6. The van der Waals surface area contributed by atoms with Crippen molar-refractivity contribution >= 4 is 54.1 Å². The van der Waals surface area contributed by atoms with E-state index < -0.39 is 0 Å². The third-order valence-corrected chi connectivity index (χ3v) is 11.4. The minimum atomic E-state index is 1.15. The first-order valence-electron chi connectivity index (χ1n) is 19.0. The van der Waals surface area contributed by atoms with Gasteiger partial charge in [0.05, 0.1) is 11.0 Å². The fraction of sp³-hybridized carbons (Fsp3) is 0. The first-order chi connectivity index (χ1) is 27.3. The van der Waals surface area contributed by atoms with E-state index in [0.717, 1.165) is 5.69 Å². The van der Waals surface area contributed by atoms with Gasteiger partial charge in [-0.1, -0.05) is 170 Å². The summed E-state index contributed by atoms with van der Waals surface area (Å²) in [6.45, 7) is 0. The van der Waals surface area contributed by atoms with Gasteiger partial charge in [-0.05, 0) is 119 Å². The van der Waals surface area contributed by atoms with Crippen LogP contribution in [-0.2, 0) is 0 Å². The molecule has 0 fully saturated rings. The lowest BCUT2D eigenvalue weighted by molar-refractivity contribution is 1.18. The molecule has 0 saturated heterocycles. The maximum Gasteiger partial charge on any atom is 0.0541 e. The maximum absolute atomic E-state index is 2.41. The van der Waals surface area contributed by atoms with Crippen molar-refractivity contribution in [2.45, 2.75) is 0 Å². The van der Waals surface area contributed by atoms with Crippen molar-refractivity contribution in [3.63, 3.8) is 0 Å². The van der Waals surface area contributed by atoms with Crippen LogP contribution in [0.3, 0.4) is 0 Å². The third-order valence-electron chi connectivity index (χ3n) is 11.4. The smallest absolute Gasteiger partial charge is 0.0541 e. The highest BCUT2D eigenvalue weighted by molar-refractivity contribution is 6.21. The van der Waals surface area contributed by atoms with Crippen molar-refractivity contribution in [1.29, 1.82) is 0 Å². The van der Waals surface area contributed by atoms with Gasteiger partial charge < -0.3 is 4.57 Å². The van der Waals surface area contributed by atoms with Gasteiger partial charge in [-0.15, -0.1) is 0 Å². The third kappa shape index (κ3) is 5.16. The summed E-state index contributed by atoms with van der Waals surface area (Å²) < 4.78 is 2.41. The first kappa shape index (κ1) is 31.3. The average molecular weight is 698 g/mol. The molecule has 1 heteroatoms. The maximum atomic E-state index is 2.41.